The number of unbranched alkanes of at least 4 members (excludes halogenated alkanes) is 2. The first-order valence-electron chi connectivity index (χ1n) is 8.82. The molecule has 27 heavy (non-hydrogen) atoms. The third-order valence-electron chi connectivity index (χ3n) is 4.30. The molecule has 3 rings (SSSR count). The Hall–Kier alpha value is -2.86. The van der Waals surface area contributed by atoms with Crippen LogP contribution in [-0.2, 0) is 11.3 Å². The Morgan fingerprint density at radius 2 is 1.74 bits per heavy atom. The lowest BCUT2D eigenvalue weighted by molar-refractivity contribution is -0.116. The first kappa shape index (κ1) is 18.9. The molecule has 0 fully saturated rings. The lowest BCUT2D eigenvalue weighted by atomic mass is 10.2. The van der Waals surface area contributed by atoms with Crippen molar-refractivity contribution in [2.24, 2.45) is 0 Å². The Morgan fingerprint density at radius 3 is 2.52 bits per heavy atom. The molecule has 0 saturated carbocycles. The van der Waals surface area contributed by atoms with E-state index in [1.807, 2.05) is 0 Å². The predicted molar refractivity (Wildman–Crippen MR) is 107 cm³/mol. The third kappa shape index (κ3) is 4.86. The van der Waals surface area contributed by atoms with Gasteiger partial charge < -0.3 is 10.3 Å². The van der Waals surface area contributed by atoms with E-state index in [0.29, 0.717) is 47.4 Å². The van der Waals surface area contributed by atoms with Crippen molar-refractivity contribution < 1.29 is 4.79 Å². The van der Waals surface area contributed by atoms with Gasteiger partial charge in [0.1, 0.15) is 0 Å². The highest BCUT2D eigenvalue weighted by Crippen LogP contribution is 2.14. The molecule has 1 heterocycles. The van der Waals surface area contributed by atoms with E-state index in [-0.39, 0.29) is 11.5 Å². The Kier molecular flexibility index (Phi) is 6.08. The van der Waals surface area contributed by atoms with Crippen LogP contribution in [0.4, 0.5) is 5.69 Å². The predicted octanol–water partition coefficient (Wildman–Crippen LogP) is 3.54. The number of para-hydroxylation sites is 1. The van der Waals surface area contributed by atoms with Gasteiger partial charge in [-0.15, -0.1) is 0 Å². The number of anilines is 1. The van der Waals surface area contributed by atoms with E-state index in [4.69, 9.17) is 11.6 Å². The molecule has 6 nitrogen and oxygen atoms in total. The Balaban J connectivity index is 1.48. The molecule has 0 bridgehead atoms. The van der Waals surface area contributed by atoms with Crippen molar-refractivity contribution >= 4 is 34.1 Å². The minimum atomic E-state index is -0.404. The summed E-state index contributed by atoms with van der Waals surface area (Å²) in [4.78, 5) is 39.2. The highest BCUT2D eigenvalue weighted by molar-refractivity contribution is 6.30. The van der Waals surface area contributed by atoms with Crippen LogP contribution in [0.25, 0.3) is 10.9 Å². The van der Waals surface area contributed by atoms with E-state index in [9.17, 15) is 14.4 Å². The van der Waals surface area contributed by atoms with Crippen molar-refractivity contribution in [3.8, 4) is 0 Å². The number of nitrogens with zero attached hydrogens (tertiary/aromatic N) is 1. The van der Waals surface area contributed by atoms with E-state index < -0.39 is 5.69 Å². The minimum Gasteiger partial charge on any atom is -0.326 e. The molecule has 2 aromatic carbocycles. The van der Waals surface area contributed by atoms with Crippen LogP contribution in [0.3, 0.4) is 0 Å². The summed E-state index contributed by atoms with van der Waals surface area (Å²) in [6.45, 7) is 0.331. The van der Waals surface area contributed by atoms with Crippen LogP contribution < -0.4 is 16.6 Å². The van der Waals surface area contributed by atoms with E-state index in [2.05, 4.69) is 10.3 Å². The summed E-state index contributed by atoms with van der Waals surface area (Å²) in [6, 6.07) is 13.9. The van der Waals surface area contributed by atoms with Crippen molar-refractivity contribution in [3.05, 3.63) is 74.4 Å². The largest absolute Gasteiger partial charge is 0.328 e. The molecule has 0 aliphatic carbocycles. The average Bonchev–Trinajstić information content (AvgIpc) is 2.65. The summed E-state index contributed by atoms with van der Waals surface area (Å²) in [7, 11) is 0. The summed E-state index contributed by atoms with van der Waals surface area (Å²) in [5.41, 5.74) is 0.565. The van der Waals surface area contributed by atoms with Gasteiger partial charge in [-0.05, 0) is 49.2 Å². The summed E-state index contributed by atoms with van der Waals surface area (Å²) in [5, 5.41) is 3.93. The molecule has 3 aromatic rings. The molecule has 7 heteroatoms. The normalized spacial score (nSPS) is 10.9. The van der Waals surface area contributed by atoms with Crippen molar-refractivity contribution in [1.29, 1.82) is 0 Å². The summed E-state index contributed by atoms with van der Waals surface area (Å²) in [6.07, 6.45) is 2.45. The van der Waals surface area contributed by atoms with Crippen LogP contribution in [0.1, 0.15) is 25.7 Å². The van der Waals surface area contributed by atoms with E-state index in [0.717, 1.165) is 6.42 Å². The molecule has 140 valence electrons. The van der Waals surface area contributed by atoms with Gasteiger partial charge in [-0.2, -0.15) is 0 Å². The summed E-state index contributed by atoms with van der Waals surface area (Å²) in [5.74, 6) is -0.0713. The quantitative estimate of drug-likeness (QED) is 0.610. The number of fused-ring (bicyclic) bond motifs is 1. The highest BCUT2D eigenvalue weighted by atomic mass is 35.5. The highest BCUT2D eigenvalue weighted by Gasteiger charge is 2.07. The molecular weight excluding hydrogens is 366 g/mol. The molecule has 0 unspecified atom stereocenters. The number of carbonyl (C=O) groups excluding carboxylic acids is 1. The van der Waals surface area contributed by atoms with Crippen molar-refractivity contribution in [3.63, 3.8) is 0 Å². The number of halogens is 1. The Morgan fingerprint density at radius 1 is 1.00 bits per heavy atom. The van der Waals surface area contributed by atoms with Gasteiger partial charge in [-0.25, -0.2) is 4.79 Å². The fourth-order valence-corrected chi connectivity index (χ4v) is 3.02. The maximum atomic E-state index is 12.4. The van der Waals surface area contributed by atoms with Crippen LogP contribution in [0.5, 0.6) is 0 Å². The maximum absolute atomic E-state index is 12.4. The number of benzene rings is 2. The average molecular weight is 386 g/mol. The number of nitrogens with one attached hydrogen (secondary N) is 2. The van der Waals surface area contributed by atoms with Crippen LogP contribution in [0, 0.1) is 0 Å². The molecule has 0 atom stereocenters. The van der Waals surface area contributed by atoms with Gasteiger partial charge in [-0.1, -0.05) is 30.2 Å². The first-order chi connectivity index (χ1) is 13.0. The lowest BCUT2D eigenvalue weighted by Gasteiger charge is -2.07. The summed E-state index contributed by atoms with van der Waals surface area (Å²) < 4.78 is 1.22. The molecule has 0 spiro atoms. The topological polar surface area (TPSA) is 84.0 Å². The minimum absolute atomic E-state index is 0.0713. The molecule has 1 amide bonds. The first-order valence-corrected chi connectivity index (χ1v) is 9.20. The fourth-order valence-electron chi connectivity index (χ4n) is 2.89. The van der Waals surface area contributed by atoms with Gasteiger partial charge in [0.15, 0.2) is 0 Å². The third-order valence-corrected chi connectivity index (χ3v) is 4.55. The molecule has 0 aliphatic rings. The lowest BCUT2D eigenvalue weighted by Crippen LogP contribution is -2.35. The Labute approximate surface area is 160 Å². The molecule has 2 N–H and O–H groups in total. The van der Waals surface area contributed by atoms with E-state index in [1.54, 1.807) is 48.5 Å². The second-order valence-electron chi connectivity index (χ2n) is 6.30. The zero-order chi connectivity index (χ0) is 19.2. The van der Waals surface area contributed by atoms with Crippen molar-refractivity contribution in [2.75, 3.05) is 5.32 Å². The summed E-state index contributed by atoms with van der Waals surface area (Å²) >= 11 is 5.81. The number of carbonyl (C=O) groups is 1. The van der Waals surface area contributed by atoms with Crippen LogP contribution in [0.2, 0.25) is 5.02 Å². The molecule has 1 aromatic heterocycles. The van der Waals surface area contributed by atoms with Gasteiger partial charge in [0, 0.05) is 23.7 Å². The van der Waals surface area contributed by atoms with Crippen LogP contribution in [0.15, 0.2) is 58.1 Å². The number of aromatic amines is 1. The second-order valence-corrected chi connectivity index (χ2v) is 6.73. The molecule has 0 aliphatic heterocycles. The zero-order valence-corrected chi connectivity index (χ0v) is 15.5. The number of aromatic nitrogens is 2. The smallest absolute Gasteiger partial charge is 0.326 e. The molecular formula is C20H20ClN3O3. The fraction of sp³-hybridized carbons (Fsp3) is 0.250. The van der Waals surface area contributed by atoms with Gasteiger partial charge >= 0.3 is 5.69 Å². The van der Waals surface area contributed by atoms with Gasteiger partial charge in [0.2, 0.25) is 5.91 Å². The van der Waals surface area contributed by atoms with Crippen LogP contribution in [-0.4, -0.2) is 15.5 Å². The van der Waals surface area contributed by atoms with Gasteiger partial charge in [0.25, 0.3) is 5.56 Å². The molecule has 0 radical (unpaired) electrons. The monoisotopic (exact) mass is 385 g/mol. The maximum Gasteiger partial charge on any atom is 0.328 e. The standard InChI is InChI=1S/C20H20ClN3O3/c21-14-9-11-15(12-10-14)22-18(25)8-2-1-5-13-24-19(26)16-6-3-4-7-17(16)23-20(24)27/h3-4,6-7,9-12H,1-2,5,8,13H2,(H,22,25)(H,23,27). The van der Waals surface area contributed by atoms with E-state index >= 15 is 0 Å². The van der Waals surface area contributed by atoms with Crippen molar-refractivity contribution in [1.82, 2.24) is 9.55 Å². The van der Waals surface area contributed by atoms with Gasteiger partial charge in [-0.3, -0.25) is 14.2 Å². The number of rotatable bonds is 7. The van der Waals surface area contributed by atoms with Crippen molar-refractivity contribution in [2.45, 2.75) is 32.2 Å². The van der Waals surface area contributed by atoms with E-state index in [1.165, 1.54) is 4.57 Å². The number of H-pyrrole nitrogens is 1. The number of hydrogen-bond acceptors (Lipinski definition) is 3. The SMILES string of the molecule is O=C(CCCCCn1c(=O)[nH]c2ccccc2c1=O)Nc1ccc(Cl)cc1. The number of amides is 1. The Bertz CT molecular complexity index is 1050. The van der Waals surface area contributed by atoms with Gasteiger partial charge in [0.05, 0.1) is 10.9 Å². The van der Waals surface area contributed by atoms with Crippen LogP contribution >= 0.6 is 11.6 Å². The molecule has 0 saturated heterocycles. The number of hydrogen-bond donors (Lipinski definition) is 2. The zero-order valence-electron chi connectivity index (χ0n) is 14.7. The second kappa shape index (κ2) is 8.68.